The molecule has 0 bridgehead atoms. The van der Waals surface area contributed by atoms with Crippen LogP contribution in [0.3, 0.4) is 0 Å². The standard InChI is InChI=1S/C13H10F2N2O3/c1-7-4-9(13(19)20)12(18)17(16-7)6-8-2-3-10(14)11(15)5-8/h2-5H,6H2,1H3,(H,19,20). The number of nitrogens with zero attached hydrogens (tertiary/aromatic N) is 2. The summed E-state index contributed by atoms with van der Waals surface area (Å²) in [6, 6.07) is 4.33. The van der Waals surface area contributed by atoms with Crippen LogP contribution in [0, 0.1) is 18.6 Å². The number of carbonyl (C=O) groups is 1. The van der Waals surface area contributed by atoms with Gasteiger partial charge in [-0.3, -0.25) is 4.79 Å². The summed E-state index contributed by atoms with van der Waals surface area (Å²) in [5, 5.41) is 12.8. The Hall–Kier alpha value is -2.57. The Balaban J connectivity index is 2.45. The smallest absolute Gasteiger partial charge is 0.341 e. The third-order valence-electron chi connectivity index (χ3n) is 2.64. The molecule has 0 spiro atoms. The summed E-state index contributed by atoms with van der Waals surface area (Å²) in [6.07, 6.45) is 0. The average Bonchev–Trinajstić information content (AvgIpc) is 2.37. The van der Waals surface area contributed by atoms with Gasteiger partial charge in [0.05, 0.1) is 12.2 Å². The van der Waals surface area contributed by atoms with E-state index in [2.05, 4.69) is 5.10 Å². The number of benzene rings is 1. The highest BCUT2D eigenvalue weighted by atomic mass is 19.2. The van der Waals surface area contributed by atoms with Crippen molar-refractivity contribution < 1.29 is 18.7 Å². The van der Waals surface area contributed by atoms with Gasteiger partial charge in [0.2, 0.25) is 0 Å². The monoisotopic (exact) mass is 280 g/mol. The Kier molecular flexibility index (Phi) is 3.60. The van der Waals surface area contributed by atoms with Crippen LogP contribution >= 0.6 is 0 Å². The maximum absolute atomic E-state index is 13.1. The normalized spacial score (nSPS) is 10.6. The van der Waals surface area contributed by atoms with E-state index in [1.807, 2.05) is 0 Å². The maximum atomic E-state index is 13.1. The molecule has 104 valence electrons. The van der Waals surface area contributed by atoms with Gasteiger partial charge < -0.3 is 5.11 Å². The Morgan fingerprint density at radius 1 is 1.30 bits per heavy atom. The number of halogens is 2. The fourth-order valence-corrected chi connectivity index (χ4v) is 1.75. The molecule has 0 aliphatic carbocycles. The molecule has 1 aromatic heterocycles. The number of aryl methyl sites for hydroxylation is 1. The van der Waals surface area contributed by atoms with Crippen LogP contribution in [-0.4, -0.2) is 20.9 Å². The second-order valence-electron chi connectivity index (χ2n) is 4.22. The van der Waals surface area contributed by atoms with Crippen molar-refractivity contribution in [3.63, 3.8) is 0 Å². The summed E-state index contributed by atoms with van der Waals surface area (Å²) in [5.74, 6) is -3.40. The molecule has 0 amide bonds. The van der Waals surface area contributed by atoms with Crippen molar-refractivity contribution in [2.75, 3.05) is 0 Å². The van der Waals surface area contributed by atoms with E-state index in [9.17, 15) is 18.4 Å². The van der Waals surface area contributed by atoms with Crippen LogP contribution in [-0.2, 0) is 6.54 Å². The van der Waals surface area contributed by atoms with Crippen molar-refractivity contribution in [3.05, 3.63) is 63.1 Å². The number of hydrogen-bond donors (Lipinski definition) is 1. The van der Waals surface area contributed by atoms with Gasteiger partial charge in [-0.1, -0.05) is 6.07 Å². The number of carboxylic acid groups (broad SMARTS) is 1. The molecule has 2 aromatic rings. The fraction of sp³-hybridized carbons (Fsp3) is 0.154. The van der Waals surface area contributed by atoms with E-state index in [4.69, 9.17) is 5.11 Å². The average molecular weight is 280 g/mol. The first kappa shape index (κ1) is 13.9. The first-order chi connectivity index (χ1) is 9.38. The highest BCUT2D eigenvalue weighted by Gasteiger charge is 2.13. The number of aromatic nitrogens is 2. The van der Waals surface area contributed by atoms with Crippen LogP contribution < -0.4 is 5.56 Å². The van der Waals surface area contributed by atoms with Crippen LogP contribution in [0.1, 0.15) is 21.6 Å². The van der Waals surface area contributed by atoms with E-state index in [-0.39, 0.29) is 6.54 Å². The molecule has 20 heavy (non-hydrogen) atoms. The van der Waals surface area contributed by atoms with Gasteiger partial charge in [0.1, 0.15) is 5.56 Å². The lowest BCUT2D eigenvalue weighted by Crippen LogP contribution is -2.29. The van der Waals surface area contributed by atoms with Crippen molar-refractivity contribution in [3.8, 4) is 0 Å². The lowest BCUT2D eigenvalue weighted by molar-refractivity contribution is 0.0693. The number of hydrogen-bond acceptors (Lipinski definition) is 3. The molecule has 1 heterocycles. The largest absolute Gasteiger partial charge is 0.477 e. The van der Waals surface area contributed by atoms with Gasteiger partial charge in [0, 0.05) is 0 Å². The molecule has 2 rings (SSSR count). The van der Waals surface area contributed by atoms with Gasteiger partial charge in [-0.05, 0) is 30.7 Å². The molecule has 1 aromatic carbocycles. The SMILES string of the molecule is Cc1cc(C(=O)O)c(=O)n(Cc2ccc(F)c(F)c2)n1. The van der Waals surface area contributed by atoms with Crippen LogP contribution in [0.2, 0.25) is 0 Å². The zero-order chi connectivity index (χ0) is 14.9. The van der Waals surface area contributed by atoms with Gasteiger partial charge in [-0.25, -0.2) is 18.3 Å². The molecule has 0 unspecified atom stereocenters. The Morgan fingerprint density at radius 3 is 2.60 bits per heavy atom. The second kappa shape index (κ2) is 5.20. The van der Waals surface area contributed by atoms with E-state index >= 15 is 0 Å². The Bertz CT molecular complexity index is 741. The van der Waals surface area contributed by atoms with Crippen molar-refractivity contribution in [2.24, 2.45) is 0 Å². The highest BCUT2D eigenvalue weighted by molar-refractivity contribution is 5.87. The summed E-state index contributed by atoms with van der Waals surface area (Å²) in [7, 11) is 0. The number of rotatable bonds is 3. The first-order valence-electron chi connectivity index (χ1n) is 5.64. The van der Waals surface area contributed by atoms with E-state index in [0.29, 0.717) is 11.3 Å². The van der Waals surface area contributed by atoms with Crippen molar-refractivity contribution in [2.45, 2.75) is 13.5 Å². The lowest BCUT2D eigenvalue weighted by Gasteiger charge is -2.07. The molecule has 7 heteroatoms. The number of carboxylic acids is 1. The molecule has 0 aliphatic rings. The van der Waals surface area contributed by atoms with Gasteiger partial charge in [0.25, 0.3) is 5.56 Å². The summed E-state index contributed by atoms with van der Waals surface area (Å²) >= 11 is 0. The van der Waals surface area contributed by atoms with Crippen LogP contribution in [0.15, 0.2) is 29.1 Å². The molecule has 0 saturated heterocycles. The fourth-order valence-electron chi connectivity index (χ4n) is 1.75. The van der Waals surface area contributed by atoms with E-state index < -0.39 is 28.7 Å². The minimum atomic E-state index is -1.36. The topological polar surface area (TPSA) is 72.2 Å². The van der Waals surface area contributed by atoms with Gasteiger partial charge in [-0.2, -0.15) is 5.10 Å². The predicted molar refractivity (Wildman–Crippen MR) is 65.7 cm³/mol. The Labute approximate surface area is 112 Å². The number of aromatic carboxylic acids is 1. The van der Waals surface area contributed by atoms with E-state index in [1.165, 1.54) is 13.0 Å². The molecule has 5 nitrogen and oxygen atoms in total. The van der Waals surface area contributed by atoms with Gasteiger partial charge >= 0.3 is 5.97 Å². The molecule has 0 saturated carbocycles. The maximum Gasteiger partial charge on any atom is 0.341 e. The summed E-state index contributed by atoms with van der Waals surface area (Å²) < 4.78 is 26.8. The van der Waals surface area contributed by atoms with E-state index in [1.54, 1.807) is 0 Å². The van der Waals surface area contributed by atoms with Crippen molar-refractivity contribution >= 4 is 5.97 Å². The summed E-state index contributed by atoms with van der Waals surface area (Å²) in [6.45, 7) is 1.39. The molecule has 0 aliphatic heterocycles. The molecular formula is C13H10F2N2O3. The quantitative estimate of drug-likeness (QED) is 0.926. The second-order valence-corrected chi connectivity index (χ2v) is 4.22. The summed E-state index contributed by atoms with van der Waals surface area (Å²) in [4.78, 5) is 22.8. The highest BCUT2D eigenvalue weighted by Crippen LogP contribution is 2.09. The third kappa shape index (κ3) is 2.71. The van der Waals surface area contributed by atoms with Crippen LogP contribution in [0.5, 0.6) is 0 Å². The lowest BCUT2D eigenvalue weighted by atomic mass is 10.2. The van der Waals surface area contributed by atoms with Gasteiger partial charge in [-0.15, -0.1) is 0 Å². The zero-order valence-electron chi connectivity index (χ0n) is 10.4. The van der Waals surface area contributed by atoms with Crippen LogP contribution in [0.4, 0.5) is 8.78 Å². The van der Waals surface area contributed by atoms with E-state index in [0.717, 1.165) is 22.9 Å². The van der Waals surface area contributed by atoms with Gasteiger partial charge in [0.15, 0.2) is 11.6 Å². The molecule has 0 radical (unpaired) electrons. The predicted octanol–water partition coefficient (Wildman–Crippen LogP) is 1.58. The first-order valence-corrected chi connectivity index (χ1v) is 5.64. The van der Waals surface area contributed by atoms with Crippen molar-refractivity contribution in [1.82, 2.24) is 9.78 Å². The Morgan fingerprint density at radius 2 is 2.00 bits per heavy atom. The minimum absolute atomic E-state index is 0.141. The summed E-state index contributed by atoms with van der Waals surface area (Å²) in [5.41, 5.74) is -0.571. The third-order valence-corrected chi connectivity index (χ3v) is 2.64. The molecule has 0 fully saturated rings. The molecular weight excluding hydrogens is 270 g/mol. The van der Waals surface area contributed by atoms with Crippen molar-refractivity contribution in [1.29, 1.82) is 0 Å². The molecule has 1 N–H and O–H groups in total. The zero-order valence-corrected chi connectivity index (χ0v) is 10.4. The van der Waals surface area contributed by atoms with Crippen LogP contribution in [0.25, 0.3) is 0 Å². The molecule has 0 atom stereocenters. The minimum Gasteiger partial charge on any atom is -0.477 e.